The van der Waals surface area contributed by atoms with E-state index in [0.29, 0.717) is 16.8 Å². The fourth-order valence-electron chi connectivity index (χ4n) is 2.14. The number of halogens is 4. The summed E-state index contributed by atoms with van der Waals surface area (Å²) in [6.45, 7) is -0.0953. The third-order valence-electron chi connectivity index (χ3n) is 3.47. The van der Waals surface area contributed by atoms with Crippen molar-refractivity contribution in [3.8, 4) is 5.75 Å². The first-order valence-electron chi connectivity index (χ1n) is 7.91. The zero-order valence-electron chi connectivity index (χ0n) is 14.3. The molecule has 1 amide bonds. The normalized spacial score (nSPS) is 11.0. The molecule has 11 heteroatoms. The topological polar surface area (TPSA) is 93.5 Å². The SMILES string of the molecule is O=C(COc1ccc(Cl)cc1)NCCNc1ccc(C(F)(F)F)cc1[N+](=O)[O-]. The van der Waals surface area contributed by atoms with E-state index in [9.17, 15) is 28.1 Å². The maximum Gasteiger partial charge on any atom is 0.416 e. The molecule has 0 aliphatic rings. The molecule has 0 radical (unpaired) electrons. The van der Waals surface area contributed by atoms with Crippen LogP contribution >= 0.6 is 11.6 Å². The molecule has 150 valence electrons. The Morgan fingerprint density at radius 3 is 2.43 bits per heavy atom. The molecule has 0 aromatic heterocycles. The van der Waals surface area contributed by atoms with Crippen LogP contribution in [0, 0.1) is 10.1 Å². The number of amides is 1. The molecule has 0 saturated carbocycles. The van der Waals surface area contributed by atoms with E-state index in [-0.39, 0.29) is 25.4 Å². The average Bonchev–Trinajstić information content (AvgIpc) is 2.64. The summed E-state index contributed by atoms with van der Waals surface area (Å²) in [5.74, 6) is 0.0247. The highest BCUT2D eigenvalue weighted by Crippen LogP contribution is 2.34. The minimum Gasteiger partial charge on any atom is -0.484 e. The predicted molar refractivity (Wildman–Crippen MR) is 96.5 cm³/mol. The summed E-state index contributed by atoms with van der Waals surface area (Å²) in [6, 6.07) is 8.59. The van der Waals surface area contributed by atoms with Crippen LogP contribution in [0.2, 0.25) is 5.02 Å². The van der Waals surface area contributed by atoms with Crippen molar-refractivity contribution in [3.63, 3.8) is 0 Å². The van der Waals surface area contributed by atoms with Crippen LogP contribution in [-0.4, -0.2) is 30.5 Å². The fraction of sp³-hybridized carbons (Fsp3) is 0.235. The van der Waals surface area contributed by atoms with Gasteiger partial charge in [0.1, 0.15) is 11.4 Å². The van der Waals surface area contributed by atoms with Gasteiger partial charge in [-0.25, -0.2) is 0 Å². The van der Waals surface area contributed by atoms with Crippen LogP contribution in [0.4, 0.5) is 24.5 Å². The first kappa shape index (κ1) is 21.3. The van der Waals surface area contributed by atoms with E-state index in [0.717, 1.165) is 12.1 Å². The molecule has 2 rings (SSSR count). The summed E-state index contributed by atoms with van der Waals surface area (Å²) in [5, 5.41) is 16.7. The summed E-state index contributed by atoms with van der Waals surface area (Å²) < 4.78 is 43.2. The quantitative estimate of drug-likeness (QED) is 0.386. The number of nitro groups is 1. The highest BCUT2D eigenvalue weighted by Gasteiger charge is 2.32. The Labute approximate surface area is 162 Å². The highest BCUT2D eigenvalue weighted by atomic mass is 35.5. The molecule has 2 aromatic rings. The Balaban J connectivity index is 1.81. The summed E-state index contributed by atoms with van der Waals surface area (Å²) in [7, 11) is 0. The first-order chi connectivity index (χ1) is 13.2. The molecule has 0 fully saturated rings. The van der Waals surface area contributed by atoms with Gasteiger partial charge in [0.05, 0.1) is 10.5 Å². The Kier molecular flexibility index (Phi) is 7.05. The van der Waals surface area contributed by atoms with E-state index in [1.807, 2.05) is 0 Å². The van der Waals surface area contributed by atoms with Gasteiger partial charge >= 0.3 is 6.18 Å². The summed E-state index contributed by atoms with van der Waals surface area (Å²) in [4.78, 5) is 21.8. The number of carbonyl (C=O) groups is 1. The molecule has 0 aliphatic carbocycles. The van der Waals surface area contributed by atoms with Crippen molar-refractivity contribution >= 4 is 28.9 Å². The van der Waals surface area contributed by atoms with Gasteiger partial charge in [-0.3, -0.25) is 14.9 Å². The van der Waals surface area contributed by atoms with E-state index in [1.54, 1.807) is 24.3 Å². The lowest BCUT2D eigenvalue weighted by Crippen LogP contribution is -2.32. The van der Waals surface area contributed by atoms with Crippen LogP contribution in [0.1, 0.15) is 5.56 Å². The summed E-state index contributed by atoms with van der Waals surface area (Å²) in [6.07, 6.45) is -4.68. The van der Waals surface area contributed by atoms with E-state index >= 15 is 0 Å². The molecule has 0 heterocycles. The number of hydrogen-bond acceptors (Lipinski definition) is 5. The number of ether oxygens (including phenoxy) is 1. The second-order valence-electron chi connectivity index (χ2n) is 5.51. The number of anilines is 1. The van der Waals surface area contributed by atoms with Gasteiger partial charge < -0.3 is 15.4 Å². The van der Waals surface area contributed by atoms with Crippen LogP contribution in [0.5, 0.6) is 5.75 Å². The molecule has 28 heavy (non-hydrogen) atoms. The van der Waals surface area contributed by atoms with Crippen molar-refractivity contribution in [2.45, 2.75) is 6.18 Å². The van der Waals surface area contributed by atoms with Gasteiger partial charge in [0.2, 0.25) is 0 Å². The minimum atomic E-state index is -4.68. The smallest absolute Gasteiger partial charge is 0.416 e. The fourth-order valence-corrected chi connectivity index (χ4v) is 2.26. The molecular formula is C17H15ClF3N3O4. The Morgan fingerprint density at radius 2 is 1.82 bits per heavy atom. The number of nitro benzene ring substituents is 1. The van der Waals surface area contributed by atoms with Crippen molar-refractivity contribution in [2.24, 2.45) is 0 Å². The van der Waals surface area contributed by atoms with Crippen LogP contribution in [0.15, 0.2) is 42.5 Å². The molecule has 7 nitrogen and oxygen atoms in total. The highest BCUT2D eigenvalue weighted by molar-refractivity contribution is 6.30. The van der Waals surface area contributed by atoms with Crippen molar-refractivity contribution in [3.05, 3.63) is 63.2 Å². The van der Waals surface area contributed by atoms with E-state index in [4.69, 9.17) is 16.3 Å². The monoisotopic (exact) mass is 417 g/mol. The zero-order valence-corrected chi connectivity index (χ0v) is 15.0. The summed E-state index contributed by atoms with van der Waals surface area (Å²) >= 11 is 5.73. The number of hydrogen-bond donors (Lipinski definition) is 2. The third-order valence-corrected chi connectivity index (χ3v) is 3.72. The van der Waals surface area contributed by atoms with E-state index in [1.165, 1.54) is 0 Å². The standard InChI is InChI=1S/C17H15ClF3N3O4/c18-12-2-4-13(5-3-12)28-10-16(25)23-8-7-22-14-6-1-11(17(19,20)21)9-15(14)24(26)27/h1-6,9,22H,7-8,10H2,(H,23,25). The third kappa shape index (κ3) is 6.31. The molecule has 2 N–H and O–H groups in total. The van der Waals surface area contributed by atoms with Crippen molar-refractivity contribution < 1.29 is 27.6 Å². The first-order valence-corrected chi connectivity index (χ1v) is 8.29. The van der Waals surface area contributed by atoms with E-state index < -0.39 is 28.3 Å². The van der Waals surface area contributed by atoms with Gasteiger partial charge in [-0.05, 0) is 36.4 Å². The number of nitrogens with zero attached hydrogens (tertiary/aromatic N) is 1. The van der Waals surface area contributed by atoms with Gasteiger partial charge in [-0.2, -0.15) is 13.2 Å². The lowest BCUT2D eigenvalue weighted by atomic mass is 10.1. The molecule has 0 aliphatic heterocycles. The van der Waals surface area contributed by atoms with Crippen LogP contribution in [-0.2, 0) is 11.0 Å². The number of rotatable bonds is 8. The molecular weight excluding hydrogens is 403 g/mol. The van der Waals surface area contributed by atoms with Gasteiger partial charge in [0.25, 0.3) is 11.6 Å². The molecule has 0 bridgehead atoms. The number of nitrogens with one attached hydrogen (secondary N) is 2. The molecule has 0 unspecified atom stereocenters. The van der Waals surface area contributed by atoms with Gasteiger partial charge in [0, 0.05) is 24.2 Å². The number of carbonyl (C=O) groups excluding carboxylic acids is 1. The Hall–Kier alpha value is -3.01. The average molecular weight is 418 g/mol. The van der Waals surface area contributed by atoms with Crippen LogP contribution in [0.3, 0.4) is 0 Å². The van der Waals surface area contributed by atoms with Crippen molar-refractivity contribution in [1.29, 1.82) is 0 Å². The largest absolute Gasteiger partial charge is 0.484 e. The molecule has 0 spiro atoms. The second kappa shape index (κ2) is 9.27. The Morgan fingerprint density at radius 1 is 1.14 bits per heavy atom. The molecule has 0 atom stereocenters. The van der Waals surface area contributed by atoms with Crippen LogP contribution in [0.25, 0.3) is 0 Å². The van der Waals surface area contributed by atoms with Gasteiger partial charge in [-0.15, -0.1) is 0 Å². The number of benzene rings is 2. The van der Waals surface area contributed by atoms with Crippen molar-refractivity contribution in [2.75, 3.05) is 25.0 Å². The molecule has 2 aromatic carbocycles. The summed E-state index contributed by atoms with van der Waals surface area (Å²) in [5.41, 5.74) is -1.89. The van der Waals surface area contributed by atoms with Crippen molar-refractivity contribution in [1.82, 2.24) is 5.32 Å². The lowest BCUT2D eigenvalue weighted by Gasteiger charge is -2.11. The van der Waals surface area contributed by atoms with Gasteiger partial charge in [-0.1, -0.05) is 11.6 Å². The Bertz CT molecular complexity index is 845. The van der Waals surface area contributed by atoms with Crippen LogP contribution < -0.4 is 15.4 Å². The predicted octanol–water partition coefficient (Wildman–Crippen LogP) is 3.87. The lowest BCUT2D eigenvalue weighted by molar-refractivity contribution is -0.384. The van der Waals surface area contributed by atoms with Gasteiger partial charge in [0.15, 0.2) is 6.61 Å². The maximum absolute atomic E-state index is 12.7. The second-order valence-corrected chi connectivity index (χ2v) is 5.94. The minimum absolute atomic E-state index is 0.0683. The maximum atomic E-state index is 12.7. The molecule has 0 saturated heterocycles. The zero-order chi connectivity index (χ0) is 20.7. The number of alkyl halides is 3. The van der Waals surface area contributed by atoms with E-state index in [2.05, 4.69) is 10.6 Å².